The SMILES string of the molecule is CCN(CC)CCNS(=O)(=O)c1ccc(Cl)c(CN)c1. The molecule has 0 saturated carbocycles. The van der Waals surface area contributed by atoms with Crippen LogP contribution in [0.2, 0.25) is 5.02 Å². The lowest BCUT2D eigenvalue weighted by molar-refractivity contribution is 0.309. The largest absolute Gasteiger partial charge is 0.326 e. The minimum atomic E-state index is -3.51. The summed E-state index contributed by atoms with van der Waals surface area (Å²) >= 11 is 5.93. The van der Waals surface area contributed by atoms with Gasteiger partial charge in [-0.15, -0.1) is 0 Å². The summed E-state index contributed by atoms with van der Waals surface area (Å²) in [6, 6.07) is 4.56. The molecular weight excluding hydrogens is 298 g/mol. The van der Waals surface area contributed by atoms with Crippen LogP contribution >= 0.6 is 11.6 Å². The van der Waals surface area contributed by atoms with E-state index in [9.17, 15) is 8.42 Å². The van der Waals surface area contributed by atoms with Crippen molar-refractivity contribution in [3.05, 3.63) is 28.8 Å². The van der Waals surface area contributed by atoms with Crippen LogP contribution in [0.3, 0.4) is 0 Å². The molecule has 114 valence electrons. The molecule has 0 radical (unpaired) electrons. The van der Waals surface area contributed by atoms with Crippen molar-refractivity contribution in [3.8, 4) is 0 Å². The van der Waals surface area contributed by atoms with E-state index in [4.69, 9.17) is 17.3 Å². The summed E-state index contributed by atoms with van der Waals surface area (Å²) < 4.78 is 26.9. The van der Waals surface area contributed by atoms with Gasteiger partial charge in [0, 0.05) is 24.7 Å². The number of rotatable bonds is 8. The smallest absolute Gasteiger partial charge is 0.240 e. The first-order valence-electron chi connectivity index (χ1n) is 6.65. The first kappa shape index (κ1) is 17.4. The molecule has 0 amide bonds. The van der Waals surface area contributed by atoms with Gasteiger partial charge in [0.1, 0.15) is 0 Å². The quantitative estimate of drug-likeness (QED) is 0.760. The van der Waals surface area contributed by atoms with Gasteiger partial charge in [-0.3, -0.25) is 0 Å². The van der Waals surface area contributed by atoms with Crippen LogP contribution in [0.25, 0.3) is 0 Å². The number of nitrogens with zero attached hydrogens (tertiary/aromatic N) is 1. The van der Waals surface area contributed by atoms with Crippen LogP contribution in [0.15, 0.2) is 23.1 Å². The Bertz CT molecular complexity index is 530. The molecule has 0 aliphatic heterocycles. The summed E-state index contributed by atoms with van der Waals surface area (Å²) in [5.74, 6) is 0. The number of nitrogens with two attached hydrogens (primary N) is 1. The van der Waals surface area contributed by atoms with Crippen LogP contribution in [0, 0.1) is 0 Å². The lowest BCUT2D eigenvalue weighted by Crippen LogP contribution is -2.34. The molecule has 7 heteroatoms. The average Bonchev–Trinajstić information content (AvgIpc) is 2.44. The van der Waals surface area contributed by atoms with Crippen LogP contribution in [-0.2, 0) is 16.6 Å². The maximum atomic E-state index is 12.2. The summed E-state index contributed by atoms with van der Waals surface area (Å²) in [6.07, 6.45) is 0. The van der Waals surface area contributed by atoms with E-state index in [1.165, 1.54) is 12.1 Å². The highest BCUT2D eigenvalue weighted by molar-refractivity contribution is 7.89. The number of sulfonamides is 1. The minimum absolute atomic E-state index is 0.196. The topological polar surface area (TPSA) is 75.4 Å². The van der Waals surface area contributed by atoms with Gasteiger partial charge in [-0.2, -0.15) is 0 Å². The Morgan fingerprint density at radius 1 is 1.30 bits per heavy atom. The molecule has 0 aromatic heterocycles. The van der Waals surface area contributed by atoms with Crippen molar-refractivity contribution >= 4 is 21.6 Å². The number of hydrogen-bond donors (Lipinski definition) is 2. The van der Waals surface area contributed by atoms with Crippen molar-refractivity contribution in [2.75, 3.05) is 26.2 Å². The summed E-state index contributed by atoms with van der Waals surface area (Å²) in [7, 11) is -3.51. The molecule has 0 fully saturated rings. The molecule has 5 nitrogen and oxygen atoms in total. The third-order valence-corrected chi connectivity index (χ3v) is 4.99. The third kappa shape index (κ3) is 4.71. The van der Waals surface area contributed by atoms with Gasteiger partial charge in [-0.1, -0.05) is 25.4 Å². The van der Waals surface area contributed by atoms with Gasteiger partial charge in [-0.25, -0.2) is 13.1 Å². The highest BCUT2D eigenvalue weighted by Crippen LogP contribution is 2.19. The molecule has 1 rings (SSSR count). The maximum Gasteiger partial charge on any atom is 0.240 e. The van der Waals surface area contributed by atoms with Crippen molar-refractivity contribution in [1.29, 1.82) is 0 Å². The predicted molar refractivity (Wildman–Crippen MR) is 82.3 cm³/mol. The first-order chi connectivity index (χ1) is 9.44. The van der Waals surface area contributed by atoms with Crippen LogP contribution in [0.4, 0.5) is 0 Å². The lowest BCUT2D eigenvalue weighted by Gasteiger charge is -2.18. The maximum absolute atomic E-state index is 12.2. The number of likely N-dealkylation sites (N-methyl/N-ethyl adjacent to an activating group) is 1. The van der Waals surface area contributed by atoms with Crippen LogP contribution in [-0.4, -0.2) is 39.5 Å². The Morgan fingerprint density at radius 2 is 1.95 bits per heavy atom. The van der Waals surface area contributed by atoms with E-state index in [0.717, 1.165) is 13.1 Å². The van der Waals surface area contributed by atoms with Crippen molar-refractivity contribution < 1.29 is 8.42 Å². The number of benzene rings is 1. The molecule has 0 aliphatic rings. The fraction of sp³-hybridized carbons (Fsp3) is 0.538. The van der Waals surface area contributed by atoms with Gasteiger partial charge in [0.25, 0.3) is 0 Å². The second-order valence-electron chi connectivity index (χ2n) is 4.38. The van der Waals surface area contributed by atoms with E-state index < -0.39 is 10.0 Å². The minimum Gasteiger partial charge on any atom is -0.326 e. The van der Waals surface area contributed by atoms with Crippen molar-refractivity contribution in [3.63, 3.8) is 0 Å². The zero-order chi connectivity index (χ0) is 15.2. The van der Waals surface area contributed by atoms with E-state index in [0.29, 0.717) is 23.7 Å². The van der Waals surface area contributed by atoms with Crippen LogP contribution in [0.1, 0.15) is 19.4 Å². The molecule has 0 spiro atoms. The van der Waals surface area contributed by atoms with E-state index in [2.05, 4.69) is 9.62 Å². The average molecular weight is 320 g/mol. The van der Waals surface area contributed by atoms with Gasteiger partial charge in [0.05, 0.1) is 4.90 Å². The highest BCUT2D eigenvalue weighted by Gasteiger charge is 2.15. The van der Waals surface area contributed by atoms with E-state index in [-0.39, 0.29) is 11.4 Å². The molecule has 1 aromatic carbocycles. The Morgan fingerprint density at radius 3 is 2.50 bits per heavy atom. The van der Waals surface area contributed by atoms with E-state index in [1.807, 2.05) is 13.8 Å². The molecule has 0 heterocycles. The van der Waals surface area contributed by atoms with Gasteiger partial charge < -0.3 is 10.6 Å². The van der Waals surface area contributed by atoms with Gasteiger partial charge in [0.15, 0.2) is 0 Å². The molecule has 0 bridgehead atoms. The Balaban J connectivity index is 2.74. The highest BCUT2D eigenvalue weighted by atomic mass is 35.5. The zero-order valence-electron chi connectivity index (χ0n) is 11.9. The number of hydrogen-bond acceptors (Lipinski definition) is 4. The molecule has 0 saturated heterocycles. The summed E-state index contributed by atoms with van der Waals surface area (Å²) in [4.78, 5) is 2.34. The standard InChI is InChI=1S/C13H22ClN3O2S/c1-3-17(4-2)8-7-16-20(18,19)12-5-6-13(14)11(9-12)10-15/h5-6,9,16H,3-4,7-8,10,15H2,1-2H3. The normalized spacial score (nSPS) is 12.1. The molecule has 3 N–H and O–H groups in total. The molecule has 1 aromatic rings. The molecule has 0 atom stereocenters. The third-order valence-electron chi connectivity index (χ3n) is 3.16. The predicted octanol–water partition coefficient (Wildman–Crippen LogP) is 1.42. The van der Waals surface area contributed by atoms with Crippen LogP contribution in [0.5, 0.6) is 0 Å². The molecular formula is C13H22ClN3O2S. The van der Waals surface area contributed by atoms with Crippen LogP contribution < -0.4 is 10.5 Å². The second kappa shape index (κ2) is 7.95. The Hall–Kier alpha value is -0.660. The fourth-order valence-electron chi connectivity index (χ4n) is 1.84. The van der Waals surface area contributed by atoms with Crippen molar-refractivity contribution in [2.24, 2.45) is 5.73 Å². The lowest BCUT2D eigenvalue weighted by atomic mass is 10.2. The van der Waals surface area contributed by atoms with Crippen molar-refractivity contribution in [2.45, 2.75) is 25.3 Å². The number of halogens is 1. The summed E-state index contributed by atoms with van der Waals surface area (Å²) in [5, 5.41) is 0.481. The zero-order valence-corrected chi connectivity index (χ0v) is 13.5. The van der Waals surface area contributed by atoms with Crippen molar-refractivity contribution in [1.82, 2.24) is 9.62 Å². The molecule has 0 aliphatic carbocycles. The van der Waals surface area contributed by atoms with Gasteiger partial charge in [-0.05, 0) is 36.9 Å². The second-order valence-corrected chi connectivity index (χ2v) is 6.56. The monoisotopic (exact) mass is 319 g/mol. The van der Waals surface area contributed by atoms with Gasteiger partial charge >= 0.3 is 0 Å². The first-order valence-corrected chi connectivity index (χ1v) is 8.51. The van der Waals surface area contributed by atoms with Gasteiger partial charge in [0.2, 0.25) is 10.0 Å². The number of nitrogens with one attached hydrogen (secondary N) is 1. The summed E-state index contributed by atoms with van der Waals surface area (Å²) in [5.41, 5.74) is 6.16. The fourth-order valence-corrected chi connectivity index (χ4v) is 3.10. The molecule has 20 heavy (non-hydrogen) atoms. The van der Waals surface area contributed by atoms with E-state index >= 15 is 0 Å². The van der Waals surface area contributed by atoms with E-state index in [1.54, 1.807) is 6.07 Å². The Kier molecular flexibility index (Phi) is 6.91. The Labute approximate surface area is 126 Å². The summed E-state index contributed by atoms with van der Waals surface area (Å²) in [6.45, 7) is 7.16. The molecule has 0 unspecified atom stereocenters.